The molecule has 0 fully saturated rings. The Morgan fingerprint density at radius 2 is 2.11 bits per heavy atom. The molecule has 0 rings (SSSR count). The van der Waals surface area contributed by atoms with E-state index in [1.54, 1.807) is 6.29 Å². The highest BCUT2D eigenvalue weighted by Crippen LogP contribution is 2.29. The quantitative estimate of drug-likeness (QED) is 0.589. The average Bonchev–Trinajstić information content (AvgIpc) is 1.64. The van der Waals surface area contributed by atoms with Crippen LogP contribution in [-0.2, 0) is 4.79 Å². The SMILES string of the molecule is CCCC(Cl)(Cl)C[C]=O. The molecule has 0 aromatic rings. The topological polar surface area (TPSA) is 17.1 Å². The van der Waals surface area contributed by atoms with Crippen LogP contribution in [0.25, 0.3) is 0 Å². The van der Waals surface area contributed by atoms with E-state index in [0.29, 0.717) is 6.42 Å². The van der Waals surface area contributed by atoms with E-state index in [-0.39, 0.29) is 6.42 Å². The second kappa shape index (κ2) is 4.13. The van der Waals surface area contributed by atoms with Crippen LogP contribution >= 0.6 is 23.2 Å². The lowest BCUT2D eigenvalue weighted by Gasteiger charge is -2.13. The van der Waals surface area contributed by atoms with Crippen molar-refractivity contribution in [1.29, 1.82) is 0 Å². The molecular formula is C6H9Cl2O. The minimum atomic E-state index is -0.878. The molecule has 53 valence electrons. The van der Waals surface area contributed by atoms with E-state index >= 15 is 0 Å². The largest absolute Gasteiger partial charge is 0.291 e. The Kier molecular flexibility index (Phi) is 4.24. The van der Waals surface area contributed by atoms with Gasteiger partial charge in [-0.05, 0) is 6.42 Å². The van der Waals surface area contributed by atoms with Crippen molar-refractivity contribution in [2.45, 2.75) is 30.5 Å². The number of carbonyl (C=O) groups excluding carboxylic acids is 1. The molecule has 0 heterocycles. The Balaban J connectivity index is 3.55. The zero-order valence-corrected chi connectivity index (χ0v) is 6.80. The van der Waals surface area contributed by atoms with E-state index < -0.39 is 4.33 Å². The molecular weight excluding hydrogens is 159 g/mol. The summed E-state index contributed by atoms with van der Waals surface area (Å²) >= 11 is 11.3. The van der Waals surface area contributed by atoms with Gasteiger partial charge < -0.3 is 0 Å². The lowest BCUT2D eigenvalue weighted by molar-refractivity contribution is 0.542. The number of halogens is 2. The number of hydrogen-bond donors (Lipinski definition) is 0. The molecule has 0 saturated heterocycles. The standard InChI is InChI=1S/C6H9Cl2O/c1-2-3-6(7,8)4-5-9/h2-4H2,1H3. The molecule has 0 aliphatic rings. The molecule has 0 unspecified atom stereocenters. The number of hydrogen-bond acceptors (Lipinski definition) is 1. The van der Waals surface area contributed by atoms with Crippen LogP contribution in [0.1, 0.15) is 26.2 Å². The molecule has 1 nitrogen and oxygen atoms in total. The number of rotatable bonds is 4. The van der Waals surface area contributed by atoms with Gasteiger partial charge in [0.05, 0.1) is 0 Å². The lowest BCUT2D eigenvalue weighted by Crippen LogP contribution is -2.11. The fraction of sp³-hybridized carbons (Fsp3) is 0.833. The molecule has 0 saturated carbocycles. The molecule has 3 heteroatoms. The molecule has 0 aliphatic carbocycles. The molecule has 0 spiro atoms. The van der Waals surface area contributed by atoms with E-state index in [0.717, 1.165) is 6.42 Å². The summed E-state index contributed by atoms with van der Waals surface area (Å²) in [5.74, 6) is 0. The summed E-state index contributed by atoms with van der Waals surface area (Å²) in [6.45, 7) is 1.96. The van der Waals surface area contributed by atoms with Crippen molar-refractivity contribution in [3.05, 3.63) is 0 Å². The molecule has 0 aliphatic heterocycles. The van der Waals surface area contributed by atoms with Crippen molar-refractivity contribution in [3.63, 3.8) is 0 Å². The van der Waals surface area contributed by atoms with Gasteiger partial charge in [0.15, 0.2) is 0 Å². The molecule has 1 radical (unpaired) electrons. The van der Waals surface area contributed by atoms with Crippen LogP contribution in [-0.4, -0.2) is 10.6 Å². The molecule has 0 N–H and O–H groups in total. The van der Waals surface area contributed by atoms with E-state index in [4.69, 9.17) is 23.2 Å². The predicted molar refractivity (Wildman–Crippen MR) is 39.7 cm³/mol. The second-order valence-electron chi connectivity index (χ2n) is 1.93. The van der Waals surface area contributed by atoms with Crippen LogP contribution in [0, 0.1) is 0 Å². The van der Waals surface area contributed by atoms with E-state index in [1.807, 2.05) is 6.92 Å². The maximum atomic E-state index is 9.80. The third-order valence-electron chi connectivity index (χ3n) is 0.947. The van der Waals surface area contributed by atoms with Gasteiger partial charge in [0.25, 0.3) is 0 Å². The van der Waals surface area contributed by atoms with Crippen molar-refractivity contribution in [2.75, 3.05) is 0 Å². The first-order valence-corrected chi connectivity index (χ1v) is 3.61. The molecule has 9 heavy (non-hydrogen) atoms. The maximum Gasteiger partial charge on any atom is 0.201 e. The minimum Gasteiger partial charge on any atom is -0.291 e. The average molecular weight is 168 g/mol. The van der Waals surface area contributed by atoms with Crippen LogP contribution in [0.2, 0.25) is 0 Å². The normalized spacial score (nSPS) is 11.4. The third kappa shape index (κ3) is 4.73. The zero-order chi connectivity index (χ0) is 7.33. The molecule has 0 aromatic heterocycles. The van der Waals surface area contributed by atoms with Crippen molar-refractivity contribution >= 4 is 29.5 Å². The molecule has 0 bridgehead atoms. The summed E-state index contributed by atoms with van der Waals surface area (Å²) in [7, 11) is 0. The molecule has 0 atom stereocenters. The van der Waals surface area contributed by atoms with Gasteiger partial charge in [-0.2, -0.15) is 0 Å². The second-order valence-corrected chi connectivity index (χ2v) is 3.57. The fourth-order valence-electron chi connectivity index (χ4n) is 0.560. The minimum absolute atomic E-state index is 0.101. The van der Waals surface area contributed by atoms with E-state index in [2.05, 4.69) is 0 Å². The van der Waals surface area contributed by atoms with Gasteiger partial charge in [0.1, 0.15) is 4.33 Å². The van der Waals surface area contributed by atoms with Gasteiger partial charge in [0, 0.05) is 6.42 Å². The van der Waals surface area contributed by atoms with Crippen LogP contribution < -0.4 is 0 Å². The Hall–Kier alpha value is 0.250. The van der Waals surface area contributed by atoms with Crippen LogP contribution in [0.5, 0.6) is 0 Å². The first-order chi connectivity index (χ1) is 4.12. The monoisotopic (exact) mass is 167 g/mol. The smallest absolute Gasteiger partial charge is 0.201 e. The van der Waals surface area contributed by atoms with Gasteiger partial charge >= 0.3 is 0 Å². The highest BCUT2D eigenvalue weighted by Gasteiger charge is 2.21. The van der Waals surface area contributed by atoms with Crippen molar-refractivity contribution in [2.24, 2.45) is 0 Å². The summed E-state index contributed by atoms with van der Waals surface area (Å²) in [6.07, 6.45) is 3.31. The molecule has 0 amide bonds. The summed E-state index contributed by atoms with van der Waals surface area (Å²) in [6, 6.07) is 0. The summed E-state index contributed by atoms with van der Waals surface area (Å²) in [5, 5.41) is 0. The maximum absolute atomic E-state index is 9.80. The highest BCUT2D eigenvalue weighted by atomic mass is 35.5. The van der Waals surface area contributed by atoms with Crippen molar-refractivity contribution in [3.8, 4) is 0 Å². The van der Waals surface area contributed by atoms with E-state index in [1.165, 1.54) is 0 Å². The Morgan fingerprint density at radius 3 is 2.44 bits per heavy atom. The first-order valence-electron chi connectivity index (χ1n) is 2.85. The number of alkyl halides is 2. The van der Waals surface area contributed by atoms with Crippen molar-refractivity contribution in [1.82, 2.24) is 0 Å². The summed E-state index contributed by atoms with van der Waals surface area (Å²) in [5.41, 5.74) is 0. The van der Waals surface area contributed by atoms with Gasteiger partial charge in [-0.25, -0.2) is 0 Å². The highest BCUT2D eigenvalue weighted by molar-refractivity contribution is 6.48. The first kappa shape index (κ1) is 9.25. The Morgan fingerprint density at radius 1 is 1.56 bits per heavy atom. The van der Waals surface area contributed by atoms with Crippen LogP contribution in [0.4, 0.5) is 0 Å². The fourth-order valence-corrected chi connectivity index (χ4v) is 1.05. The summed E-state index contributed by atoms with van der Waals surface area (Å²) < 4.78 is -0.878. The lowest BCUT2D eigenvalue weighted by atomic mass is 10.2. The molecule has 0 aromatic carbocycles. The van der Waals surface area contributed by atoms with Crippen molar-refractivity contribution < 1.29 is 4.79 Å². The Labute approximate surface area is 65.3 Å². The van der Waals surface area contributed by atoms with Gasteiger partial charge in [-0.1, -0.05) is 13.3 Å². The van der Waals surface area contributed by atoms with Gasteiger partial charge in [-0.3, -0.25) is 4.79 Å². The predicted octanol–water partition coefficient (Wildman–Crippen LogP) is 2.46. The summed E-state index contributed by atoms with van der Waals surface area (Å²) in [4.78, 5) is 9.80. The zero-order valence-electron chi connectivity index (χ0n) is 5.29. The Bertz CT molecular complexity index is 91.1. The van der Waals surface area contributed by atoms with E-state index in [9.17, 15) is 4.79 Å². The third-order valence-corrected chi connectivity index (χ3v) is 1.59. The van der Waals surface area contributed by atoms with Gasteiger partial charge in [0.2, 0.25) is 6.29 Å². The van der Waals surface area contributed by atoms with Crippen LogP contribution in [0.3, 0.4) is 0 Å². The van der Waals surface area contributed by atoms with Gasteiger partial charge in [-0.15, -0.1) is 23.2 Å². The van der Waals surface area contributed by atoms with Crippen LogP contribution in [0.15, 0.2) is 0 Å².